The summed E-state index contributed by atoms with van der Waals surface area (Å²) in [6.07, 6.45) is 2.16. The Balaban J connectivity index is 1.88. The summed E-state index contributed by atoms with van der Waals surface area (Å²) in [5.74, 6) is 0.657. The van der Waals surface area contributed by atoms with Crippen LogP contribution in [0, 0.1) is 9.49 Å². The number of Topliss-reactive ketones (excluding diaryl/α,β-unsaturated/α-hetero) is 1. The molecule has 0 atom stereocenters. The maximum Gasteiger partial charge on any atom is 0.175 e. The van der Waals surface area contributed by atoms with Crippen LogP contribution in [0.5, 0.6) is 0 Å². The summed E-state index contributed by atoms with van der Waals surface area (Å²) in [5.41, 5.74) is 1.20. The molecule has 1 aliphatic carbocycles. The molecule has 1 saturated carbocycles. The molecule has 0 bridgehead atoms. The van der Waals surface area contributed by atoms with E-state index in [2.05, 4.69) is 52.9 Å². The van der Waals surface area contributed by atoms with E-state index in [1.165, 1.54) is 14.0 Å². The maximum absolute atomic E-state index is 11.9. The van der Waals surface area contributed by atoms with Gasteiger partial charge in [-0.15, -0.1) is 11.3 Å². The number of benzene rings is 1. The molecule has 1 aromatic carbocycles. The highest BCUT2D eigenvalue weighted by Gasteiger charge is 2.31. The van der Waals surface area contributed by atoms with E-state index in [1.807, 2.05) is 6.07 Å². The fraction of sp³-hybridized carbons (Fsp3) is 0.214. The molecule has 1 aliphatic rings. The predicted molar refractivity (Wildman–Crippen MR) is 79.5 cm³/mol. The number of ketones is 1. The minimum absolute atomic E-state index is 0.318. The molecule has 0 spiro atoms. The van der Waals surface area contributed by atoms with Gasteiger partial charge < -0.3 is 0 Å². The molecular weight excluding hydrogens is 343 g/mol. The first-order chi connectivity index (χ1) is 8.24. The molecule has 2 aromatic rings. The molecule has 3 rings (SSSR count). The van der Waals surface area contributed by atoms with Gasteiger partial charge in [-0.2, -0.15) is 0 Å². The summed E-state index contributed by atoms with van der Waals surface area (Å²) in [5, 5.41) is 0. The fourth-order valence-corrected chi connectivity index (χ4v) is 3.18. The standard InChI is InChI=1S/C14H11IOS/c15-11-5-3-9(4-6-11)12-7-8-13(17-12)14(16)10-1-2-10/h3-8,10H,1-2H2. The summed E-state index contributed by atoms with van der Waals surface area (Å²) in [4.78, 5) is 14.0. The van der Waals surface area contributed by atoms with Crippen molar-refractivity contribution in [3.63, 3.8) is 0 Å². The average Bonchev–Trinajstić information content (AvgIpc) is 3.07. The Bertz CT molecular complexity index is 552. The van der Waals surface area contributed by atoms with Gasteiger partial charge in [-0.1, -0.05) is 12.1 Å². The van der Waals surface area contributed by atoms with E-state index in [0.717, 1.165) is 17.7 Å². The third-order valence-corrected chi connectivity index (χ3v) is 4.79. The van der Waals surface area contributed by atoms with Crippen molar-refractivity contribution in [2.75, 3.05) is 0 Å². The SMILES string of the molecule is O=C(c1ccc(-c2ccc(I)cc2)s1)C1CC1. The molecule has 1 fully saturated rings. The number of carbonyl (C=O) groups excluding carboxylic acids is 1. The number of carbonyl (C=O) groups is 1. The second kappa shape index (κ2) is 4.53. The number of thiophene rings is 1. The monoisotopic (exact) mass is 354 g/mol. The molecule has 0 saturated heterocycles. The largest absolute Gasteiger partial charge is 0.293 e. The molecule has 0 aliphatic heterocycles. The first kappa shape index (κ1) is 11.4. The molecule has 17 heavy (non-hydrogen) atoms. The van der Waals surface area contributed by atoms with Crippen molar-refractivity contribution in [2.24, 2.45) is 5.92 Å². The Morgan fingerprint density at radius 3 is 2.47 bits per heavy atom. The zero-order valence-electron chi connectivity index (χ0n) is 9.15. The van der Waals surface area contributed by atoms with Crippen LogP contribution in [0.15, 0.2) is 36.4 Å². The summed E-state index contributed by atoms with van der Waals surface area (Å²) >= 11 is 3.91. The molecule has 3 heteroatoms. The Hall–Kier alpha value is -0.680. The van der Waals surface area contributed by atoms with Crippen LogP contribution in [0.1, 0.15) is 22.5 Å². The highest BCUT2D eigenvalue weighted by molar-refractivity contribution is 14.1. The van der Waals surface area contributed by atoms with Crippen molar-refractivity contribution >= 4 is 39.7 Å². The lowest BCUT2D eigenvalue weighted by molar-refractivity contribution is 0.0971. The van der Waals surface area contributed by atoms with Crippen molar-refractivity contribution in [3.05, 3.63) is 44.8 Å². The van der Waals surface area contributed by atoms with E-state index in [4.69, 9.17) is 0 Å². The van der Waals surface area contributed by atoms with Crippen molar-refractivity contribution in [1.29, 1.82) is 0 Å². The number of hydrogen-bond donors (Lipinski definition) is 0. The molecule has 0 unspecified atom stereocenters. The smallest absolute Gasteiger partial charge is 0.175 e. The normalized spacial score (nSPS) is 14.9. The maximum atomic E-state index is 11.9. The molecule has 86 valence electrons. The number of rotatable bonds is 3. The van der Waals surface area contributed by atoms with Gasteiger partial charge in [-0.3, -0.25) is 4.79 Å². The number of halogens is 1. The van der Waals surface area contributed by atoms with E-state index in [0.29, 0.717) is 11.7 Å². The van der Waals surface area contributed by atoms with Crippen molar-refractivity contribution in [1.82, 2.24) is 0 Å². The van der Waals surface area contributed by atoms with Crippen LogP contribution in [0.3, 0.4) is 0 Å². The van der Waals surface area contributed by atoms with Crippen LogP contribution in [-0.4, -0.2) is 5.78 Å². The summed E-state index contributed by atoms with van der Waals surface area (Å²) in [6, 6.07) is 12.4. The summed E-state index contributed by atoms with van der Waals surface area (Å²) in [6.45, 7) is 0. The van der Waals surface area contributed by atoms with Crippen molar-refractivity contribution < 1.29 is 4.79 Å². The summed E-state index contributed by atoms with van der Waals surface area (Å²) in [7, 11) is 0. The van der Waals surface area contributed by atoms with Crippen LogP contribution in [-0.2, 0) is 0 Å². The fourth-order valence-electron chi connectivity index (χ4n) is 1.79. The zero-order chi connectivity index (χ0) is 11.8. The lowest BCUT2D eigenvalue weighted by Gasteiger charge is -1.97. The predicted octanol–water partition coefficient (Wildman–Crippen LogP) is 4.61. The van der Waals surface area contributed by atoms with E-state index in [-0.39, 0.29) is 0 Å². The van der Waals surface area contributed by atoms with E-state index >= 15 is 0 Å². The van der Waals surface area contributed by atoms with Gasteiger partial charge in [-0.25, -0.2) is 0 Å². The summed E-state index contributed by atoms with van der Waals surface area (Å²) < 4.78 is 1.23. The molecule has 1 heterocycles. The van der Waals surface area contributed by atoms with E-state index in [9.17, 15) is 4.79 Å². The van der Waals surface area contributed by atoms with Gasteiger partial charge in [-0.05, 0) is 65.3 Å². The Labute approximate surface area is 118 Å². The Morgan fingerprint density at radius 1 is 1.12 bits per heavy atom. The highest BCUT2D eigenvalue weighted by Crippen LogP contribution is 2.36. The number of hydrogen-bond acceptors (Lipinski definition) is 2. The van der Waals surface area contributed by atoms with Gasteiger partial charge in [0, 0.05) is 14.4 Å². The van der Waals surface area contributed by atoms with Gasteiger partial charge in [0.2, 0.25) is 0 Å². The van der Waals surface area contributed by atoms with Crippen molar-refractivity contribution in [2.45, 2.75) is 12.8 Å². The third kappa shape index (κ3) is 2.45. The minimum atomic E-state index is 0.318. The lowest BCUT2D eigenvalue weighted by atomic mass is 10.2. The lowest BCUT2D eigenvalue weighted by Crippen LogP contribution is -1.96. The van der Waals surface area contributed by atoms with E-state index < -0.39 is 0 Å². The first-order valence-corrected chi connectivity index (χ1v) is 7.53. The topological polar surface area (TPSA) is 17.1 Å². The zero-order valence-corrected chi connectivity index (χ0v) is 12.1. The van der Waals surface area contributed by atoms with Crippen LogP contribution < -0.4 is 0 Å². The molecule has 0 N–H and O–H groups in total. The van der Waals surface area contributed by atoms with Crippen LogP contribution in [0.4, 0.5) is 0 Å². The first-order valence-electron chi connectivity index (χ1n) is 5.64. The average molecular weight is 354 g/mol. The van der Waals surface area contributed by atoms with Crippen LogP contribution in [0.25, 0.3) is 10.4 Å². The Morgan fingerprint density at radius 2 is 1.82 bits per heavy atom. The highest BCUT2D eigenvalue weighted by atomic mass is 127. The minimum Gasteiger partial charge on any atom is -0.293 e. The molecule has 0 radical (unpaired) electrons. The van der Waals surface area contributed by atoms with Crippen LogP contribution >= 0.6 is 33.9 Å². The van der Waals surface area contributed by atoms with Gasteiger partial charge in [0.15, 0.2) is 5.78 Å². The van der Waals surface area contributed by atoms with Gasteiger partial charge >= 0.3 is 0 Å². The molecule has 0 amide bonds. The van der Waals surface area contributed by atoms with Gasteiger partial charge in [0.1, 0.15) is 0 Å². The van der Waals surface area contributed by atoms with Crippen LogP contribution in [0.2, 0.25) is 0 Å². The third-order valence-electron chi connectivity index (χ3n) is 2.93. The van der Waals surface area contributed by atoms with Gasteiger partial charge in [0.25, 0.3) is 0 Å². The molecule has 1 nitrogen and oxygen atoms in total. The quantitative estimate of drug-likeness (QED) is 0.581. The van der Waals surface area contributed by atoms with E-state index in [1.54, 1.807) is 11.3 Å². The van der Waals surface area contributed by atoms with Crippen molar-refractivity contribution in [3.8, 4) is 10.4 Å². The molecular formula is C14H11IOS. The molecule has 1 aromatic heterocycles. The Kier molecular flexibility index (Phi) is 3.04. The van der Waals surface area contributed by atoms with Gasteiger partial charge in [0.05, 0.1) is 4.88 Å². The second-order valence-electron chi connectivity index (χ2n) is 4.31. The second-order valence-corrected chi connectivity index (χ2v) is 6.64.